The van der Waals surface area contributed by atoms with Gasteiger partial charge in [-0.25, -0.2) is 4.98 Å². The minimum atomic E-state index is -4.11. The molecule has 0 unspecified atom stereocenters. The van der Waals surface area contributed by atoms with E-state index >= 15 is 0 Å². The van der Waals surface area contributed by atoms with Crippen LogP contribution in [-0.4, -0.2) is 48.4 Å². The Morgan fingerprint density at radius 2 is 1.78 bits per heavy atom. The highest BCUT2D eigenvalue weighted by Crippen LogP contribution is 2.26. The first-order chi connectivity index (χ1) is 17.7. The third kappa shape index (κ3) is 5.51. The van der Waals surface area contributed by atoms with Crippen molar-refractivity contribution in [2.75, 3.05) is 11.8 Å². The number of anilines is 1. The van der Waals surface area contributed by atoms with E-state index in [4.69, 9.17) is 15.6 Å². The second-order valence-electron chi connectivity index (χ2n) is 8.37. The summed E-state index contributed by atoms with van der Waals surface area (Å²) in [5, 5.41) is 18.1. The topological polar surface area (TPSA) is 145 Å². The van der Waals surface area contributed by atoms with E-state index in [0.29, 0.717) is 16.8 Å². The number of nitrogens with zero attached hydrogens (tertiary/aromatic N) is 3. The van der Waals surface area contributed by atoms with Crippen LogP contribution >= 0.6 is 0 Å². The maximum atomic E-state index is 13.5. The van der Waals surface area contributed by atoms with Crippen molar-refractivity contribution in [1.82, 2.24) is 19.7 Å². The quantitative estimate of drug-likeness (QED) is 0.232. The molecule has 0 amide bonds. The molecule has 4 rings (SSSR count). The van der Waals surface area contributed by atoms with Gasteiger partial charge in [-0.3, -0.25) is 14.1 Å². The molecule has 0 saturated carbocycles. The van der Waals surface area contributed by atoms with Crippen LogP contribution in [0.25, 0.3) is 22.3 Å². The minimum absolute atomic E-state index is 0.0634. The molecule has 0 spiro atoms. The van der Waals surface area contributed by atoms with Gasteiger partial charge in [0.05, 0.1) is 18.0 Å². The largest absolute Gasteiger partial charge is 0.491 e. The monoisotopic (exact) mass is 517 g/mol. The number of imidazole rings is 1. The Balaban J connectivity index is 1.71. The van der Waals surface area contributed by atoms with Crippen LogP contribution in [0.1, 0.15) is 25.1 Å². The Bertz CT molecular complexity index is 1590. The normalized spacial score (nSPS) is 11.9. The van der Waals surface area contributed by atoms with Crippen molar-refractivity contribution in [3.63, 3.8) is 0 Å². The first-order valence-corrected chi connectivity index (χ1v) is 12.9. The van der Waals surface area contributed by atoms with Crippen LogP contribution in [-0.2, 0) is 10.0 Å². The molecular weight excluding hydrogens is 490 g/mol. The summed E-state index contributed by atoms with van der Waals surface area (Å²) < 4.78 is 36.6. The third-order valence-corrected chi connectivity index (χ3v) is 6.74. The SMILES string of the molecule is CN/C=C(\C=N)c1cnc(C=N)c(NS(=O)(=O)c2cnc3ccc(-c4ccc(OC(C)C)cc4)cn23)c1. The Morgan fingerprint density at radius 3 is 2.43 bits per heavy atom. The summed E-state index contributed by atoms with van der Waals surface area (Å²) in [6.07, 6.45) is 8.23. The summed E-state index contributed by atoms with van der Waals surface area (Å²) in [4.78, 5) is 8.43. The van der Waals surface area contributed by atoms with Crippen molar-refractivity contribution in [3.05, 3.63) is 78.5 Å². The molecule has 1 aromatic carbocycles. The molecular formula is C26H27N7O3S. The lowest BCUT2D eigenvalue weighted by atomic mass is 10.1. The number of benzene rings is 1. The Morgan fingerprint density at radius 1 is 1.05 bits per heavy atom. The van der Waals surface area contributed by atoms with Gasteiger partial charge in [-0.1, -0.05) is 12.1 Å². The molecule has 0 atom stereocenters. The van der Waals surface area contributed by atoms with Gasteiger partial charge in [-0.05, 0) is 55.3 Å². The van der Waals surface area contributed by atoms with Crippen molar-refractivity contribution in [1.29, 1.82) is 10.8 Å². The smallest absolute Gasteiger partial charge is 0.279 e. The van der Waals surface area contributed by atoms with Gasteiger partial charge in [0.15, 0.2) is 5.03 Å². The van der Waals surface area contributed by atoms with Crippen LogP contribution < -0.4 is 14.8 Å². The van der Waals surface area contributed by atoms with Crippen molar-refractivity contribution in [3.8, 4) is 16.9 Å². The molecule has 0 fully saturated rings. The van der Waals surface area contributed by atoms with Gasteiger partial charge in [0.25, 0.3) is 10.0 Å². The standard InChI is InChI=1S/C26H27N7O3S/c1-17(2)36-22-7-4-18(5-8-22)19-6-9-25-31-15-26(33(25)16-19)37(34,35)32-23-10-20(14-30-24(23)12-28)21(11-27)13-29-3/h4-17,27-29,32H,1-3H3/b21-13+,27-11?,28-12?. The molecule has 4 N–H and O–H groups in total. The molecule has 3 heterocycles. The highest BCUT2D eigenvalue weighted by atomic mass is 32.2. The average Bonchev–Trinajstić information content (AvgIpc) is 3.31. The van der Waals surface area contributed by atoms with Gasteiger partial charge in [-0.15, -0.1) is 0 Å². The fraction of sp³-hybridized carbons (Fsp3) is 0.154. The number of ether oxygens (including phenoxy) is 1. The van der Waals surface area contributed by atoms with Crippen LogP contribution in [0.15, 0.2) is 72.3 Å². The van der Waals surface area contributed by atoms with Crippen molar-refractivity contribution in [2.24, 2.45) is 0 Å². The van der Waals surface area contributed by atoms with Gasteiger partial charge >= 0.3 is 0 Å². The molecule has 0 bridgehead atoms. The molecule has 0 radical (unpaired) electrons. The number of allylic oxidation sites excluding steroid dienone is 1. The van der Waals surface area contributed by atoms with Gasteiger partial charge in [0.1, 0.15) is 17.1 Å². The number of aromatic nitrogens is 3. The predicted octanol–water partition coefficient (Wildman–Crippen LogP) is 4.19. The summed E-state index contributed by atoms with van der Waals surface area (Å²) >= 11 is 0. The molecule has 37 heavy (non-hydrogen) atoms. The number of pyridine rings is 2. The van der Waals surface area contributed by atoms with Crippen molar-refractivity contribution in [2.45, 2.75) is 25.0 Å². The summed E-state index contributed by atoms with van der Waals surface area (Å²) in [5.74, 6) is 0.753. The summed E-state index contributed by atoms with van der Waals surface area (Å²) in [6.45, 7) is 3.92. The molecule has 10 nitrogen and oxygen atoms in total. The predicted molar refractivity (Wildman–Crippen MR) is 145 cm³/mol. The molecule has 0 aliphatic carbocycles. The van der Waals surface area contributed by atoms with E-state index in [1.165, 1.54) is 22.9 Å². The highest BCUT2D eigenvalue weighted by molar-refractivity contribution is 7.92. The Hall–Kier alpha value is -4.51. The molecule has 11 heteroatoms. The fourth-order valence-corrected chi connectivity index (χ4v) is 4.87. The van der Waals surface area contributed by atoms with Crippen LogP contribution in [0, 0.1) is 10.8 Å². The lowest BCUT2D eigenvalue weighted by Gasteiger charge is -2.12. The summed E-state index contributed by atoms with van der Waals surface area (Å²) in [6, 6.07) is 12.7. The second-order valence-corrected chi connectivity index (χ2v) is 10.0. The maximum Gasteiger partial charge on any atom is 0.279 e. The molecule has 190 valence electrons. The maximum absolute atomic E-state index is 13.5. The number of fused-ring (bicyclic) bond motifs is 1. The van der Waals surface area contributed by atoms with E-state index in [1.807, 2.05) is 44.2 Å². The van der Waals surface area contributed by atoms with E-state index in [-0.39, 0.29) is 22.5 Å². The molecule has 0 aliphatic heterocycles. The first-order valence-electron chi connectivity index (χ1n) is 11.4. The number of nitrogens with one attached hydrogen (secondary N) is 4. The van der Waals surface area contributed by atoms with Gasteiger partial charge in [0, 0.05) is 49.2 Å². The van der Waals surface area contributed by atoms with E-state index in [9.17, 15) is 8.42 Å². The molecule has 0 saturated heterocycles. The highest BCUT2D eigenvalue weighted by Gasteiger charge is 2.22. The third-order valence-electron chi connectivity index (χ3n) is 5.39. The number of sulfonamides is 1. The number of hydrogen-bond donors (Lipinski definition) is 4. The van der Waals surface area contributed by atoms with Crippen molar-refractivity contribution >= 4 is 39.4 Å². The van der Waals surface area contributed by atoms with Crippen LogP contribution in [0.4, 0.5) is 5.69 Å². The van der Waals surface area contributed by atoms with Gasteiger partial charge in [-0.2, -0.15) is 8.42 Å². The van der Waals surface area contributed by atoms with E-state index in [2.05, 4.69) is 20.0 Å². The minimum Gasteiger partial charge on any atom is -0.491 e. The number of rotatable bonds is 10. The van der Waals surface area contributed by atoms with Gasteiger partial charge < -0.3 is 20.9 Å². The van der Waals surface area contributed by atoms with Crippen molar-refractivity contribution < 1.29 is 13.2 Å². The first kappa shape index (κ1) is 25.6. The van der Waals surface area contributed by atoms with E-state index < -0.39 is 10.0 Å². The summed E-state index contributed by atoms with van der Waals surface area (Å²) in [5.41, 5.74) is 3.42. The molecule has 4 aromatic rings. The van der Waals surface area contributed by atoms with Crippen LogP contribution in [0.5, 0.6) is 5.75 Å². The number of hydrogen-bond acceptors (Lipinski definition) is 8. The van der Waals surface area contributed by atoms with Crippen LogP contribution in [0.2, 0.25) is 0 Å². The molecule has 3 aromatic heterocycles. The lowest BCUT2D eigenvalue weighted by Crippen LogP contribution is -2.17. The summed E-state index contributed by atoms with van der Waals surface area (Å²) in [7, 11) is -2.42. The zero-order valence-corrected chi connectivity index (χ0v) is 21.4. The lowest BCUT2D eigenvalue weighted by molar-refractivity contribution is 0.242. The van der Waals surface area contributed by atoms with E-state index in [0.717, 1.165) is 29.3 Å². The second kappa shape index (κ2) is 10.6. The zero-order valence-electron chi connectivity index (χ0n) is 20.6. The van der Waals surface area contributed by atoms with Gasteiger partial charge in [0.2, 0.25) is 0 Å². The fourth-order valence-electron chi connectivity index (χ4n) is 3.72. The Labute approximate surface area is 215 Å². The Kier molecular flexibility index (Phi) is 7.35. The molecule has 0 aliphatic rings. The van der Waals surface area contributed by atoms with E-state index in [1.54, 1.807) is 25.5 Å². The zero-order chi connectivity index (χ0) is 26.6. The van der Waals surface area contributed by atoms with Crippen LogP contribution in [0.3, 0.4) is 0 Å². The average molecular weight is 518 g/mol.